The highest BCUT2D eigenvalue weighted by atomic mass is 16.6. The van der Waals surface area contributed by atoms with E-state index in [1.807, 2.05) is 19.1 Å². The summed E-state index contributed by atoms with van der Waals surface area (Å²) < 4.78 is 21.6. The topological polar surface area (TPSA) is 83.1 Å². The van der Waals surface area contributed by atoms with Crippen LogP contribution in [0.15, 0.2) is 40.7 Å². The number of methoxy groups -OCH3 is 3. The molecule has 1 aliphatic heterocycles. The van der Waals surface area contributed by atoms with Gasteiger partial charge in [0.15, 0.2) is 17.3 Å². The van der Waals surface area contributed by atoms with Gasteiger partial charge in [-0.3, -0.25) is 4.79 Å². The van der Waals surface area contributed by atoms with Gasteiger partial charge in [-0.25, -0.2) is 4.79 Å². The molecule has 1 atom stereocenters. The van der Waals surface area contributed by atoms with E-state index in [2.05, 4.69) is 19.2 Å². The third-order valence-corrected chi connectivity index (χ3v) is 5.72. The molecule has 1 aliphatic carbocycles. The maximum atomic E-state index is 13.4. The first-order valence-electron chi connectivity index (χ1n) is 10.3. The summed E-state index contributed by atoms with van der Waals surface area (Å²) in [5.41, 5.74) is 3.04. The van der Waals surface area contributed by atoms with Crippen molar-refractivity contribution in [2.75, 3.05) is 34.5 Å². The lowest BCUT2D eigenvalue weighted by Gasteiger charge is -2.39. The average molecular weight is 430 g/mol. The number of benzene rings is 1. The maximum absolute atomic E-state index is 13.4. The molecule has 0 unspecified atom stereocenters. The summed E-state index contributed by atoms with van der Waals surface area (Å²) in [4.78, 5) is 26.5. The number of rotatable bonds is 7. The number of Topliss-reactive ketones (excluding diaryl/α,β-unsaturated/α-hetero) is 1. The van der Waals surface area contributed by atoms with Gasteiger partial charge in [-0.15, -0.1) is 0 Å². The van der Waals surface area contributed by atoms with E-state index in [9.17, 15) is 9.59 Å². The highest BCUT2D eigenvalue weighted by Gasteiger charge is 2.44. The van der Waals surface area contributed by atoms with E-state index < -0.39 is 11.9 Å². The monoisotopic (exact) mass is 429 g/mol. The number of nitrogens with one attached hydrogen (secondary N) is 1. The molecule has 2 aliphatic rings. The third kappa shape index (κ3) is 4.46. The number of hydrogen-bond acceptors (Lipinski definition) is 7. The van der Waals surface area contributed by atoms with Crippen molar-refractivity contribution in [3.63, 3.8) is 0 Å². The number of dihydropyridines is 1. The predicted molar refractivity (Wildman–Crippen MR) is 116 cm³/mol. The first kappa shape index (κ1) is 22.9. The Morgan fingerprint density at radius 3 is 2.52 bits per heavy atom. The van der Waals surface area contributed by atoms with Gasteiger partial charge in [-0.2, -0.15) is 0 Å². The Morgan fingerprint density at radius 2 is 1.87 bits per heavy atom. The zero-order chi connectivity index (χ0) is 22.8. The molecule has 0 bridgehead atoms. The van der Waals surface area contributed by atoms with Gasteiger partial charge in [0.05, 0.1) is 32.3 Å². The number of allylic oxidation sites excluding steroid dienone is 3. The predicted octanol–water partition coefficient (Wildman–Crippen LogP) is 3.50. The van der Waals surface area contributed by atoms with Crippen LogP contribution >= 0.6 is 0 Å². The summed E-state index contributed by atoms with van der Waals surface area (Å²) in [6.07, 6.45) is 1.11. The zero-order valence-electron chi connectivity index (χ0n) is 19.1. The van der Waals surface area contributed by atoms with Crippen molar-refractivity contribution in [1.82, 2.24) is 5.32 Å². The SMILES string of the molecule is COCCOC(=O)C1=C(C)NC2=C(C(=O)CC(C)(C)C2)[C@H]1c1cccc(OC)c1OC. The minimum Gasteiger partial charge on any atom is -0.493 e. The fourth-order valence-corrected chi connectivity index (χ4v) is 4.45. The van der Waals surface area contributed by atoms with E-state index in [0.29, 0.717) is 53.4 Å². The van der Waals surface area contributed by atoms with Gasteiger partial charge in [0.1, 0.15) is 6.61 Å². The first-order valence-corrected chi connectivity index (χ1v) is 10.3. The first-order chi connectivity index (χ1) is 14.7. The molecular formula is C24H31NO6. The molecule has 7 heteroatoms. The van der Waals surface area contributed by atoms with E-state index in [-0.39, 0.29) is 17.8 Å². The van der Waals surface area contributed by atoms with E-state index in [4.69, 9.17) is 18.9 Å². The van der Waals surface area contributed by atoms with Crippen molar-refractivity contribution in [3.05, 3.63) is 46.3 Å². The molecule has 0 radical (unpaired) electrons. The smallest absolute Gasteiger partial charge is 0.336 e. The van der Waals surface area contributed by atoms with Crippen molar-refractivity contribution < 1.29 is 28.5 Å². The average Bonchev–Trinajstić information content (AvgIpc) is 2.71. The number of carbonyl (C=O) groups excluding carboxylic acids is 2. The fourth-order valence-electron chi connectivity index (χ4n) is 4.45. The largest absolute Gasteiger partial charge is 0.493 e. The molecule has 1 aromatic carbocycles. The number of esters is 1. The Balaban J connectivity index is 2.19. The van der Waals surface area contributed by atoms with E-state index in [1.165, 1.54) is 0 Å². The van der Waals surface area contributed by atoms with Crippen LogP contribution in [-0.2, 0) is 19.1 Å². The second-order valence-electron chi connectivity index (χ2n) is 8.64. The highest BCUT2D eigenvalue weighted by Crippen LogP contribution is 2.50. The summed E-state index contributed by atoms with van der Waals surface area (Å²) in [5.74, 6) is -0.0465. The zero-order valence-corrected chi connectivity index (χ0v) is 19.1. The van der Waals surface area contributed by atoms with Crippen LogP contribution in [0.3, 0.4) is 0 Å². The summed E-state index contributed by atoms with van der Waals surface area (Å²) in [6.45, 7) is 6.40. The quantitative estimate of drug-likeness (QED) is 0.525. The van der Waals surface area contributed by atoms with Crippen LogP contribution in [-0.4, -0.2) is 46.3 Å². The highest BCUT2D eigenvalue weighted by molar-refractivity contribution is 6.04. The summed E-state index contributed by atoms with van der Waals surface area (Å²) in [7, 11) is 4.66. The molecule has 168 valence electrons. The lowest BCUT2D eigenvalue weighted by atomic mass is 9.68. The normalized spacial score (nSPS) is 20.2. The standard InChI is InChI=1S/C24H31NO6/c1-14-19(23(27)31-11-10-28-4)20(15-8-7-9-18(29-5)22(15)30-6)21-16(25-14)12-24(2,3)13-17(21)26/h7-9,20,25H,10-13H2,1-6H3/t20-/m0/s1. The lowest BCUT2D eigenvalue weighted by molar-refractivity contribution is -0.140. The summed E-state index contributed by atoms with van der Waals surface area (Å²) >= 11 is 0. The molecule has 1 heterocycles. The Labute approximate surface area is 183 Å². The number of carbonyl (C=O) groups is 2. The Hall–Kier alpha value is -2.80. The molecule has 3 rings (SSSR count). The molecule has 0 amide bonds. The molecule has 7 nitrogen and oxygen atoms in total. The maximum Gasteiger partial charge on any atom is 0.336 e. The number of hydrogen-bond donors (Lipinski definition) is 1. The number of ketones is 1. The Kier molecular flexibility index (Phi) is 6.74. The summed E-state index contributed by atoms with van der Waals surface area (Å²) in [5, 5.41) is 3.33. The molecule has 1 aromatic rings. The second kappa shape index (κ2) is 9.14. The minimum absolute atomic E-state index is 0.0170. The van der Waals surface area contributed by atoms with Gasteiger partial charge < -0.3 is 24.3 Å². The van der Waals surface area contributed by atoms with Gasteiger partial charge in [0.25, 0.3) is 0 Å². The number of para-hydroxylation sites is 1. The molecule has 0 saturated carbocycles. The van der Waals surface area contributed by atoms with Gasteiger partial charge in [-0.05, 0) is 24.8 Å². The second-order valence-corrected chi connectivity index (χ2v) is 8.64. The molecule has 0 fully saturated rings. The van der Waals surface area contributed by atoms with Crippen LogP contribution in [0.1, 0.15) is 45.1 Å². The van der Waals surface area contributed by atoms with Gasteiger partial charge in [-0.1, -0.05) is 26.0 Å². The van der Waals surface area contributed by atoms with Crippen molar-refractivity contribution in [3.8, 4) is 11.5 Å². The van der Waals surface area contributed by atoms with Crippen LogP contribution in [0.2, 0.25) is 0 Å². The van der Waals surface area contributed by atoms with Crippen molar-refractivity contribution in [2.24, 2.45) is 5.41 Å². The molecule has 0 spiro atoms. The van der Waals surface area contributed by atoms with E-state index >= 15 is 0 Å². The molecular weight excluding hydrogens is 398 g/mol. The Morgan fingerprint density at radius 1 is 1.13 bits per heavy atom. The van der Waals surface area contributed by atoms with Gasteiger partial charge in [0, 0.05) is 36.1 Å². The molecule has 0 aromatic heterocycles. The van der Waals surface area contributed by atoms with Gasteiger partial charge in [0.2, 0.25) is 0 Å². The Bertz CT molecular complexity index is 943. The van der Waals surface area contributed by atoms with Crippen LogP contribution < -0.4 is 14.8 Å². The third-order valence-electron chi connectivity index (χ3n) is 5.72. The van der Waals surface area contributed by atoms with E-state index in [1.54, 1.807) is 27.4 Å². The molecule has 31 heavy (non-hydrogen) atoms. The van der Waals surface area contributed by atoms with Crippen molar-refractivity contribution in [2.45, 2.75) is 39.5 Å². The van der Waals surface area contributed by atoms with E-state index in [0.717, 1.165) is 5.70 Å². The van der Waals surface area contributed by atoms with Gasteiger partial charge >= 0.3 is 5.97 Å². The van der Waals surface area contributed by atoms with Crippen molar-refractivity contribution >= 4 is 11.8 Å². The minimum atomic E-state index is -0.611. The van der Waals surface area contributed by atoms with Crippen LogP contribution in [0.4, 0.5) is 0 Å². The number of ether oxygens (including phenoxy) is 4. The molecule has 0 saturated heterocycles. The van der Waals surface area contributed by atoms with Crippen molar-refractivity contribution in [1.29, 1.82) is 0 Å². The lowest BCUT2D eigenvalue weighted by Crippen LogP contribution is -2.39. The van der Waals surface area contributed by atoms with Crippen LogP contribution in [0.5, 0.6) is 11.5 Å². The van der Waals surface area contributed by atoms with Crippen LogP contribution in [0.25, 0.3) is 0 Å². The van der Waals surface area contributed by atoms with Crippen LogP contribution in [0, 0.1) is 5.41 Å². The summed E-state index contributed by atoms with van der Waals surface area (Å²) in [6, 6.07) is 5.49. The fraction of sp³-hybridized carbons (Fsp3) is 0.500. The molecule has 1 N–H and O–H groups in total.